The molecule has 2 rings (SSSR count). The summed E-state index contributed by atoms with van der Waals surface area (Å²) in [5, 5.41) is 9.39. The maximum atomic E-state index is 13.0. The topological polar surface area (TPSA) is 49.6 Å². The van der Waals surface area contributed by atoms with Crippen LogP contribution >= 0.6 is 33.8 Å². The molecule has 2 aromatic heterocycles. The number of nitrogens with zero attached hydrogens (tertiary/aromatic N) is 3. The van der Waals surface area contributed by atoms with Gasteiger partial charge in [0.2, 0.25) is 0 Å². The molecule has 7 heteroatoms. The zero-order valence-electron chi connectivity index (χ0n) is 7.72. The lowest BCUT2D eigenvalue weighted by atomic mass is 10.3. The zero-order chi connectivity index (χ0) is 11.5. The summed E-state index contributed by atoms with van der Waals surface area (Å²) in [4.78, 5) is 7.83. The Labute approximate surface area is 104 Å². The third-order valence-corrected chi connectivity index (χ3v) is 4.41. The van der Waals surface area contributed by atoms with Crippen LogP contribution in [-0.4, -0.2) is 9.97 Å². The molecule has 0 atom stereocenters. The van der Waals surface area contributed by atoms with Gasteiger partial charge in [-0.2, -0.15) is 5.26 Å². The number of nitriles is 1. The highest BCUT2D eigenvalue weighted by Crippen LogP contribution is 2.35. The first-order valence-electron chi connectivity index (χ1n) is 4.08. The first-order valence-corrected chi connectivity index (χ1v) is 6.76. The van der Waals surface area contributed by atoms with Crippen LogP contribution in [0.4, 0.5) is 4.39 Å². The van der Waals surface area contributed by atoms with Gasteiger partial charge in [0.05, 0.1) is 6.20 Å². The van der Waals surface area contributed by atoms with Crippen molar-refractivity contribution in [1.82, 2.24) is 9.97 Å². The van der Waals surface area contributed by atoms with Crippen molar-refractivity contribution in [2.45, 2.75) is 4.21 Å². The lowest BCUT2D eigenvalue weighted by molar-refractivity contribution is 0.622. The minimum atomic E-state index is -0.425. The van der Waals surface area contributed by atoms with E-state index in [0.717, 1.165) is 17.0 Å². The maximum absolute atomic E-state index is 13.0. The molecule has 0 saturated carbocycles. The Bertz CT molecular complexity index is 561. The fourth-order valence-electron chi connectivity index (χ4n) is 1.09. The molecule has 2 heterocycles. The largest absolute Gasteiger partial charge is 0.261 e. The van der Waals surface area contributed by atoms with Crippen molar-refractivity contribution in [1.29, 1.82) is 5.26 Å². The van der Waals surface area contributed by atoms with Crippen LogP contribution in [0.15, 0.2) is 22.7 Å². The predicted octanol–water partition coefficient (Wildman–Crippen LogP) is 3.15. The first kappa shape index (κ1) is 11.4. The van der Waals surface area contributed by atoms with E-state index in [1.165, 1.54) is 23.6 Å². The summed E-state index contributed by atoms with van der Waals surface area (Å²) in [5.74, 6) is -0.425. The highest BCUT2D eigenvalue weighted by atomic mass is 33.1. The van der Waals surface area contributed by atoms with Crippen molar-refractivity contribution in [3.05, 3.63) is 30.0 Å². The Morgan fingerprint density at radius 2 is 2.31 bits per heavy atom. The summed E-state index contributed by atoms with van der Waals surface area (Å²) >= 11 is 5.32. The van der Waals surface area contributed by atoms with Gasteiger partial charge in [0.15, 0.2) is 5.69 Å². The molecule has 2 aromatic rings. The Morgan fingerprint density at radius 3 is 2.88 bits per heavy atom. The Balaban J connectivity index is 2.49. The zero-order valence-corrected chi connectivity index (χ0v) is 10.2. The van der Waals surface area contributed by atoms with Crippen LogP contribution in [0.25, 0.3) is 10.6 Å². The van der Waals surface area contributed by atoms with Crippen LogP contribution in [-0.2, 0) is 0 Å². The van der Waals surface area contributed by atoms with E-state index in [9.17, 15) is 4.39 Å². The molecule has 0 radical (unpaired) electrons. The van der Waals surface area contributed by atoms with Gasteiger partial charge in [-0.15, -0.1) is 23.0 Å². The number of thiol groups is 1. The monoisotopic (exact) mass is 269 g/mol. The first-order chi connectivity index (χ1) is 7.74. The average Bonchev–Trinajstić information content (AvgIpc) is 2.72. The van der Waals surface area contributed by atoms with Gasteiger partial charge in [-0.05, 0) is 16.9 Å². The van der Waals surface area contributed by atoms with Crippen molar-refractivity contribution < 1.29 is 4.39 Å². The van der Waals surface area contributed by atoms with Crippen molar-refractivity contribution >= 4 is 33.8 Å². The molecule has 0 aromatic carbocycles. The van der Waals surface area contributed by atoms with E-state index >= 15 is 0 Å². The second-order valence-corrected chi connectivity index (χ2v) is 5.15. The predicted molar refractivity (Wildman–Crippen MR) is 64.9 cm³/mol. The molecule has 0 N–H and O–H groups in total. The number of hydrogen-bond acceptors (Lipinski definition) is 6. The summed E-state index contributed by atoms with van der Waals surface area (Å²) in [6, 6.07) is 3.30. The molecule has 16 heavy (non-hydrogen) atoms. The highest BCUT2D eigenvalue weighted by molar-refractivity contribution is 8.69. The summed E-state index contributed by atoms with van der Waals surface area (Å²) in [6.07, 6.45) is 2.63. The number of pyridine rings is 1. The van der Waals surface area contributed by atoms with E-state index in [4.69, 9.17) is 5.26 Å². The maximum Gasteiger partial charge on any atom is 0.166 e. The fraction of sp³-hybridized carbons (Fsp3) is 0. The normalized spacial score (nSPS) is 10.1. The molecule has 0 aliphatic heterocycles. The number of aromatic nitrogens is 2. The van der Waals surface area contributed by atoms with Crippen LogP contribution in [0.2, 0.25) is 0 Å². The van der Waals surface area contributed by atoms with Gasteiger partial charge in [-0.25, -0.2) is 9.37 Å². The van der Waals surface area contributed by atoms with Crippen LogP contribution in [0.5, 0.6) is 0 Å². The Morgan fingerprint density at radius 1 is 1.50 bits per heavy atom. The third-order valence-electron chi connectivity index (χ3n) is 1.74. The molecule has 3 nitrogen and oxygen atoms in total. The average molecular weight is 269 g/mol. The van der Waals surface area contributed by atoms with E-state index < -0.39 is 5.82 Å². The van der Waals surface area contributed by atoms with Crippen molar-refractivity contribution in [2.24, 2.45) is 0 Å². The SMILES string of the molecule is N#Cc1nc(-c2cncc(F)c2)sc1SS. The summed E-state index contributed by atoms with van der Waals surface area (Å²) in [5.41, 5.74) is 0.874. The van der Waals surface area contributed by atoms with Crippen LogP contribution in [0, 0.1) is 17.1 Å². The number of halogens is 1. The van der Waals surface area contributed by atoms with Crippen LogP contribution in [0.3, 0.4) is 0 Å². The molecule has 80 valence electrons. The van der Waals surface area contributed by atoms with Crippen molar-refractivity contribution in [3.63, 3.8) is 0 Å². The van der Waals surface area contributed by atoms with E-state index in [-0.39, 0.29) is 0 Å². The fourth-order valence-corrected chi connectivity index (χ4v) is 2.98. The van der Waals surface area contributed by atoms with Gasteiger partial charge >= 0.3 is 0 Å². The lowest BCUT2D eigenvalue weighted by Crippen LogP contribution is -1.82. The molecule has 0 spiro atoms. The van der Waals surface area contributed by atoms with Gasteiger partial charge in [-0.1, -0.05) is 0 Å². The molecule has 0 bridgehead atoms. The molecule has 0 aliphatic rings. The molecule has 0 aliphatic carbocycles. The summed E-state index contributed by atoms with van der Waals surface area (Å²) in [6.45, 7) is 0. The second-order valence-electron chi connectivity index (χ2n) is 2.75. The highest BCUT2D eigenvalue weighted by Gasteiger charge is 2.12. The minimum absolute atomic E-state index is 0.310. The molecular formula is C9H4FN3S3. The molecule has 0 unspecified atom stereocenters. The van der Waals surface area contributed by atoms with Gasteiger partial charge in [-0.3, -0.25) is 4.98 Å². The standard InChI is InChI=1S/C9H4FN3S3/c10-6-1-5(3-12-4-6)8-13-7(2-11)9(15-8)16-14/h1,3-4,14H. The van der Waals surface area contributed by atoms with Crippen molar-refractivity contribution in [3.8, 4) is 16.6 Å². The summed E-state index contributed by atoms with van der Waals surface area (Å²) in [7, 11) is 1.15. The smallest absolute Gasteiger partial charge is 0.166 e. The van der Waals surface area contributed by atoms with Gasteiger partial charge in [0.25, 0.3) is 0 Å². The molecule has 0 fully saturated rings. The Kier molecular flexibility index (Phi) is 3.43. The van der Waals surface area contributed by atoms with E-state index in [1.807, 2.05) is 6.07 Å². The van der Waals surface area contributed by atoms with Crippen LogP contribution in [0.1, 0.15) is 5.69 Å². The molecule has 0 saturated heterocycles. The summed E-state index contributed by atoms with van der Waals surface area (Å²) < 4.78 is 13.7. The van der Waals surface area contributed by atoms with Gasteiger partial charge in [0, 0.05) is 11.8 Å². The van der Waals surface area contributed by atoms with Crippen LogP contribution < -0.4 is 0 Å². The van der Waals surface area contributed by atoms with E-state index in [2.05, 4.69) is 21.6 Å². The second kappa shape index (κ2) is 4.82. The van der Waals surface area contributed by atoms with E-state index in [1.54, 1.807) is 0 Å². The van der Waals surface area contributed by atoms with E-state index in [0.29, 0.717) is 20.5 Å². The number of rotatable bonds is 2. The third kappa shape index (κ3) is 2.19. The minimum Gasteiger partial charge on any atom is -0.261 e. The number of thiazole rings is 1. The number of hydrogen-bond donors (Lipinski definition) is 1. The molecule has 0 amide bonds. The quantitative estimate of drug-likeness (QED) is 0.672. The van der Waals surface area contributed by atoms with Gasteiger partial charge < -0.3 is 0 Å². The van der Waals surface area contributed by atoms with Crippen molar-refractivity contribution in [2.75, 3.05) is 0 Å². The lowest BCUT2D eigenvalue weighted by Gasteiger charge is -1.93. The van der Waals surface area contributed by atoms with Gasteiger partial charge in [0.1, 0.15) is 21.1 Å². The Hall–Kier alpha value is -1.10. The molecular weight excluding hydrogens is 265 g/mol.